The number of hydrogen-bond acceptors (Lipinski definition) is 6. The zero-order valence-electron chi connectivity index (χ0n) is 15.9. The van der Waals surface area contributed by atoms with E-state index in [4.69, 9.17) is 18.9 Å². The van der Waals surface area contributed by atoms with E-state index < -0.39 is 5.97 Å². The Morgan fingerprint density at radius 1 is 0.786 bits per heavy atom. The fraction of sp³-hybridized carbons (Fsp3) is 0.333. The molecule has 0 unspecified atom stereocenters. The van der Waals surface area contributed by atoms with E-state index in [1.807, 2.05) is 30.3 Å². The zero-order chi connectivity index (χ0) is 20.0. The lowest BCUT2D eigenvalue weighted by Crippen LogP contribution is -2.15. The number of rotatable bonds is 12. The molecule has 0 bridgehead atoms. The molecule has 0 aromatic heterocycles. The summed E-state index contributed by atoms with van der Waals surface area (Å²) in [4.78, 5) is 23.3. The molecule has 2 aromatic carbocycles. The van der Waals surface area contributed by atoms with Gasteiger partial charge in [0.15, 0.2) is 0 Å². The first kappa shape index (κ1) is 21.2. The minimum Gasteiger partial charge on any atom is -0.490 e. The molecule has 7 nitrogen and oxygen atoms in total. The van der Waals surface area contributed by atoms with Gasteiger partial charge in [-0.15, -0.1) is 0 Å². The van der Waals surface area contributed by atoms with Gasteiger partial charge >= 0.3 is 5.97 Å². The van der Waals surface area contributed by atoms with Crippen molar-refractivity contribution in [2.24, 2.45) is 0 Å². The first-order valence-electron chi connectivity index (χ1n) is 9.02. The normalized spacial score (nSPS) is 10.2. The van der Waals surface area contributed by atoms with Gasteiger partial charge in [-0.25, -0.2) is 0 Å². The Hall–Kier alpha value is -3.06. The summed E-state index contributed by atoms with van der Waals surface area (Å²) in [6.07, 6.45) is 0.0824. The molecular formula is C21H25NO6. The third-order valence-corrected chi connectivity index (χ3v) is 3.61. The summed E-state index contributed by atoms with van der Waals surface area (Å²) in [7, 11) is 1.52. The number of amides is 1. The van der Waals surface area contributed by atoms with Crippen LogP contribution in [0.25, 0.3) is 0 Å². The molecule has 0 heterocycles. The second kappa shape index (κ2) is 12.3. The van der Waals surface area contributed by atoms with E-state index in [2.05, 4.69) is 5.32 Å². The van der Waals surface area contributed by atoms with E-state index >= 15 is 0 Å². The lowest BCUT2D eigenvalue weighted by molar-refractivity contribution is -0.145. The van der Waals surface area contributed by atoms with Crippen LogP contribution in [0.1, 0.15) is 12.8 Å². The molecule has 1 amide bonds. The molecule has 1 N–H and O–H groups in total. The SMILES string of the molecule is COCCOC(=O)CCC(=O)Nc1ccc(OCCOc2ccccc2)cc1. The fourth-order valence-corrected chi connectivity index (χ4v) is 2.22. The highest BCUT2D eigenvalue weighted by atomic mass is 16.6. The van der Waals surface area contributed by atoms with Crippen LogP contribution < -0.4 is 14.8 Å². The molecule has 0 fully saturated rings. The standard InChI is InChI=1S/C21H25NO6/c1-25-13-14-28-21(24)12-11-20(23)22-17-7-9-19(10-8-17)27-16-15-26-18-5-3-2-4-6-18/h2-10H,11-16H2,1H3,(H,22,23). The Morgan fingerprint density at radius 2 is 1.43 bits per heavy atom. The number of anilines is 1. The van der Waals surface area contributed by atoms with Gasteiger partial charge in [0.25, 0.3) is 0 Å². The largest absolute Gasteiger partial charge is 0.490 e. The Kier molecular flexibility index (Phi) is 9.37. The molecule has 0 atom stereocenters. The van der Waals surface area contributed by atoms with Crippen molar-refractivity contribution in [2.45, 2.75) is 12.8 Å². The van der Waals surface area contributed by atoms with Gasteiger partial charge in [-0.05, 0) is 36.4 Å². The second-order valence-corrected chi connectivity index (χ2v) is 5.80. The maximum absolute atomic E-state index is 11.9. The Bertz CT molecular complexity index is 717. The highest BCUT2D eigenvalue weighted by Gasteiger charge is 2.08. The van der Waals surface area contributed by atoms with Crippen LogP contribution in [0.5, 0.6) is 11.5 Å². The minimum atomic E-state index is -0.423. The van der Waals surface area contributed by atoms with Gasteiger partial charge in [0.05, 0.1) is 13.0 Å². The van der Waals surface area contributed by atoms with Crippen LogP contribution in [-0.2, 0) is 19.1 Å². The van der Waals surface area contributed by atoms with E-state index in [0.717, 1.165) is 5.75 Å². The molecule has 28 heavy (non-hydrogen) atoms. The third-order valence-electron chi connectivity index (χ3n) is 3.61. The first-order chi connectivity index (χ1) is 13.7. The lowest BCUT2D eigenvalue weighted by atomic mass is 10.2. The van der Waals surface area contributed by atoms with Crippen molar-refractivity contribution in [3.8, 4) is 11.5 Å². The molecular weight excluding hydrogens is 362 g/mol. The molecule has 7 heteroatoms. The molecule has 0 radical (unpaired) electrons. The van der Waals surface area contributed by atoms with Gasteiger partial charge in [0.1, 0.15) is 31.3 Å². The highest BCUT2D eigenvalue weighted by molar-refractivity contribution is 5.92. The van der Waals surface area contributed by atoms with Crippen LogP contribution in [0.4, 0.5) is 5.69 Å². The van der Waals surface area contributed by atoms with Gasteiger partial charge in [-0.1, -0.05) is 18.2 Å². The summed E-state index contributed by atoms with van der Waals surface area (Å²) in [5.74, 6) is 0.797. The summed E-state index contributed by atoms with van der Waals surface area (Å²) in [5, 5.41) is 2.73. The molecule has 2 aromatic rings. The molecule has 0 aliphatic carbocycles. The van der Waals surface area contributed by atoms with Crippen molar-refractivity contribution in [1.29, 1.82) is 0 Å². The van der Waals surface area contributed by atoms with Crippen LogP contribution in [0.15, 0.2) is 54.6 Å². The highest BCUT2D eigenvalue weighted by Crippen LogP contribution is 2.16. The van der Waals surface area contributed by atoms with Gasteiger partial charge < -0.3 is 24.3 Å². The number of nitrogens with one attached hydrogen (secondary N) is 1. The van der Waals surface area contributed by atoms with E-state index in [0.29, 0.717) is 31.3 Å². The molecule has 0 aliphatic heterocycles. The number of benzene rings is 2. The number of carbonyl (C=O) groups is 2. The molecule has 150 valence electrons. The number of esters is 1. The van der Waals surface area contributed by atoms with Gasteiger partial charge in [0, 0.05) is 19.2 Å². The van der Waals surface area contributed by atoms with Gasteiger partial charge in [0.2, 0.25) is 5.91 Å². The van der Waals surface area contributed by atoms with Crippen molar-refractivity contribution in [3.63, 3.8) is 0 Å². The Morgan fingerprint density at radius 3 is 2.07 bits per heavy atom. The Labute approximate surface area is 164 Å². The van der Waals surface area contributed by atoms with Crippen molar-refractivity contribution >= 4 is 17.6 Å². The second-order valence-electron chi connectivity index (χ2n) is 5.80. The molecule has 0 aliphatic rings. The van der Waals surface area contributed by atoms with Crippen LogP contribution >= 0.6 is 0 Å². The van der Waals surface area contributed by atoms with Crippen molar-refractivity contribution in [1.82, 2.24) is 0 Å². The van der Waals surface area contributed by atoms with E-state index in [1.54, 1.807) is 24.3 Å². The number of methoxy groups -OCH3 is 1. The molecule has 2 rings (SSSR count). The van der Waals surface area contributed by atoms with Crippen LogP contribution in [0.2, 0.25) is 0 Å². The Balaban J connectivity index is 1.63. The van der Waals surface area contributed by atoms with E-state index in [-0.39, 0.29) is 25.4 Å². The fourth-order valence-electron chi connectivity index (χ4n) is 2.22. The van der Waals surface area contributed by atoms with Crippen LogP contribution in [0.3, 0.4) is 0 Å². The maximum atomic E-state index is 11.9. The third kappa shape index (κ3) is 8.55. The van der Waals surface area contributed by atoms with Crippen LogP contribution in [0, 0.1) is 0 Å². The number of hydrogen-bond donors (Lipinski definition) is 1. The minimum absolute atomic E-state index is 0.0259. The predicted octanol–water partition coefficient (Wildman–Crippen LogP) is 3.05. The average molecular weight is 387 g/mol. The summed E-state index contributed by atoms with van der Waals surface area (Å²) in [6.45, 7) is 1.37. The maximum Gasteiger partial charge on any atom is 0.306 e. The predicted molar refractivity (Wildman–Crippen MR) is 105 cm³/mol. The monoisotopic (exact) mass is 387 g/mol. The van der Waals surface area contributed by atoms with Crippen molar-refractivity contribution in [2.75, 3.05) is 38.9 Å². The number of carbonyl (C=O) groups excluding carboxylic acids is 2. The van der Waals surface area contributed by atoms with Gasteiger partial charge in [-0.3, -0.25) is 9.59 Å². The average Bonchev–Trinajstić information content (AvgIpc) is 2.72. The van der Waals surface area contributed by atoms with Crippen molar-refractivity contribution in [3.05, 3.63) is 54.6 Å². The molecule has 0 saturated carbocycles. The molecule has 0 spiro atoms. The summed E-state index contributed by atoms with van der Waals surface area (Å²) < 4.78 is 20.8. The van der Waals surface area contributed by atoms with E-state index in [9.17, 15) is 9.59 Å². The number of para-hydroxylation sites is 1. The molecule has 0 saturated heterocycles. The summed E-state index contributed by atoms with van der Waals surface area (Å²) >= 11 is 0. The quantitative estimate of drug-likeness (QED) is 0.445. The van der Waals surface area contributed by atoms with Crippen LogP contribution in [-0.4, -0.2) is 45.4 Å². The van der Waals surface area contributed by atoms with Gasteiger partial charge in [-0.2, -0.15) is 0 Å². The first-order valence-corrected chi connectivity index (χ1v) is 9.02. The summed E-state index contributed by atoms with van der Waals surface area (Å²) in [6, 6.07) is 16.5. The summed E-state index contributed by atoms with van der Waals surface area (Å²) in [5.41, 5.74) is 0.630. The zero-order valence-corrected chi connectivity index (χ0v) is 15.9. The topological polar surface area (TPSA) is 83.1 Å². The number of ether oxygens (including phenoxy) is 4. The smallest absolute Gasteiger partial charge is 0.306 e. The lowest BCUT2D eigenvalue weighted by Gasteiger charge is -2.09. The van der Waals surface area contributed by atoms with Crippen molar-refractivity contribution < 1.29 is 28.5 Å². The van der Waals surface area contributed by atoms with E-state index in [1.165, 1.54) is 7.11 Å².